The topological polar surface area (TPSA) is 23.1 Å². The van der Waals surface area contributed by atoms with Gasteiger partial charge in [-0.05, 0) is 0 Å². The molecule has 6 heteroatoms. The van der Waals surface area contributed by atoms with Crippen molar-refractivity contribution in [3.63, 3.8) is 0 Å². The Morgan fingerprint density at radius 1 is 1.00 bits per heavy atom. The van der Waals surface area contributed by atoms with Crippen molar-refractivity contribution in [2.24, 2.45) is 0 Å². The van der Waals surface area contributed by atoms with Gasteiger partial charge < -0.3 is 18.7 Å². The van der Waals surface area contributed by atoms with E-state index in [0.717, 1.165) is 0 Å². The maximum Gasteiger partial charge on any atom is 3.00 e. The molecule has 0 unspecified atom stereocenters. The van der Waals surface area contributed by atoms with Crippen LogP contribution in [0, 0.1) is 0 Å². The zero-order valence-electron chi connectivity index (χ0n) is 4.53. The molecule has 0 saturated heterocycles. The van der Waals surface area contributed by atoms with E-state index in [4.69, 9.17) is 0 Å². The summed E-state index contributed by atoms with van der Waals surface area (Å²) in [6.45, 7) is 0. The largest absolute Gasteiger partial charge is 3.00 e. The molecule has 50 valence electrons. The van der Waals surface area contributed by atoms with Crippen LogP contribution in [0.2, 0.25) is 0 Å². The molecule has 0 aliphatic rings. The first-order valence-corrected chi connectivity index (χ1v) is 2.95. The average Bonchev–Trinajstić information content (AvgIpc) is 0.811. The number of hydrogen-bond acceptors (Lipinski definition) is 1. The van der Waals surface area contributed by atoms with Crippen LogP contribution in [0.25, 0.3) is 0 Å². The zero-order chi connectivity index (χ0) is 3.58. The van der Waals surface area contributed by atoms with E-state index in [9.17, 15) is 4.55 Å². The summed E-state index contributed by atoms with van der Waals surface area (Å²) in [5, 5.41) is 0. The first-order chi connectivity index (χ1) is 1.73. The first kappa shape index (κ1) is 41.8. The molecule has 0 N–H and O–H groups in total. The van der Waals surface area contributed by atoms with Crippen LogP contribution in [0.5, 0.6) is 0 Å². The molecule has 0 aliphatic heterocycles. The minimum atomic E-state index is -0.611. The van der Waals surface area contributed by atoms with Crippen molar-refractivity contribution in [2.45, 2.75) is 0 Å². The van der Waals surface area contributed by atoms with Crippen LogP contribution in [0.3, 0.4) is 0 Å². The van der Waals surface area contributed by atoms with Crippen LogP contribution < -0.4 is 14.1 Å². The number of rotatable bonds is 0. The van der Waals surface area contributed by atoms with Gasteiger partial charge in [0.1, 0.15) is 0 Å². The molecular formula is C2H6BF3OS. The van der Waals surface area contributed by atoms with E-state index in [-0.39, 0.29) is 22.5 Å². The molecule has 0 bridgehead atoms. The quantitative estimate of drug-likeness (QED) is 0.246. The molecule has 0 aliphatic carbocycles. The average molecular weight is 146 g/mol. The molecule has 0 atom stereocenters. The van der Waals surface area contributed by atoms with E-state index in [0.29, 0.717) is 0 Å². The maximum absolute atomic E-state index is 9.56. The molecule has 0 saturated carbocycles. The van der Waals surface area contributed by atoms with Gasteiger partial charge in [-0.2, -0.15) is 0 Å². The smallest absolute Gasteiger partial charge is 1.00 e. The third-order valence-electron chi connectivity index (χ3n) is 0. The summed E-state index contributed by atoms with van der Waals surface area (Å²) < 4.78 is 9.56. The Kier molecular flexibility index (Phi) is 142. The Morgan fingerprint density at radius 2 is 1.00 bits per heavy atom. The second-order valence-electron chi connectivity index (χ2n) is 0.742. The van der Waals surface area contributed by atoms with Gasteiger partial charge in [0, 0.05) is 0 Å². The standard InChI is InChI=1S/C2H6OS.B.3FH/c1-4(2)3;;;;/h1-2H3;;3*1H/q;+3;;;/p-3. The molecule has 0 aromatic heterocycles. The van der Waals surface area contributed by atoms with Crippen LogP contribution in [0.1, 0.15) is 0 Å². The third-order valence-corrected chi connectivity index (χ3v) is 0. The molecular weight excluding hydrogens is 140 g/mol. The monoisotopic (exact) mass is 146 g/mol. The van der Waals surface area contributed by atoms with Gasteiger partial charge in [0.15, 0.2) is 0 Å². The zero-order valence-corrected chi connectivity index (χ0v) is 5.34. The van der Waals surface area contributed by atoms with E-state index in [1.165, 1.54) is 0 Å². The summed E-state index contributed by atoms with van der Waals surface area (Å²) in [6, 6.07) is 0. The van der Waals surface area contributed by atoms with Crippen molar-refractivity contribution in [3.8, 4) is 0 Å². The molecule has 8 heavy (non-hydrogen) atoms. The van der Waals surface area contributed by atoms with Crippen LogP contribution in [0.4, 0.5) is 0 Å². The normalized spacial score (nSPS) is 4.50. The molecule has 0 rings (SSSR count). The Morgan fingerprint density at radius 3 is 1.00 bits per heavy atom. The Labute approximate surface area is 51.7 Å². The van der Waals surface area contributed by atoms with E-state index in [2.05, 4.69) is 0 Å². The van der Waals surface area contributed by atoms with Gasteiger partial charge in [-0.15, -0.1) is 0 Å². The van der Waals surface area contributed by atoms with Crippen molar-refractivity contribution < 1.29 is 18.7 Å². The van der Waals surface area contributed by atoms with E-state index in [1.807, 2.05) is 0 Å². The molecule has 1 nitrogen and oxygen atoms in total. The van der Waals surface area contributed by atoms with Gasteiger partial charge in [0.25, 0.3) is 0 Å². The van der Waals surface area contributed by atoms with E-state index in [1.54, 1.807) is 12.5 Å². The van der Waals surface area contributed by atoms with Gasteiger partial charge in [-0.25, -0.2) is 0 Å². The van der Waals surface area contributed by atoms with Crippen LogP contribution in [-0.4, -0.2) is 25.5 Å². The Balaban J connectivity index is -0.00000000750. The van der Waals surface area contributed by atoms with Crippen LogP contribution in [0.15, 0.2) is 0 Å². The number of hydrogen-bond donors (Lipinski definition) is 0. The molecule has 0 spiro atoms. The molecule has 0 aromatic rings. The van der Waals surface area contributed by atoms with Gasteiger partial charge >= 0.3 is 8.41 Å². The molecule has 0 radical (unpaired) electrons. The maximum atomic E-state index is 9.56. The summed E-state index contributed by atoms with van der Waals surface area (Å²) >= 11 is -0.611. The van der Waals surface area contributed by atoms with Crippen LogP contribution >= 0.6 is 0 Å². The summed E-state index contributed by atoms with van der Waals surface area (Å²) in [5.41, 5.74) is 0. The molecule has 0 aromatic carbocycles. The van der Waals surface area contributed by atoms with Gasteiger partial charge in [0.05, 0.1) is 12.5 Å². The van der Waals surface area contributed by atoms with Crippen molar-refractivity contribution in [1.82, 2.24) is 0 Å². The predicted molar refractivity (Wildman–Crippen MR) is 25.7 cm³/mol. The summed E-state index contributed by atoms with van der Waals surface area (Å²) in [6.07, 6.45) is 3.28. The van der Waals surface area contributed by atoms with E-state index < -0.39 is 11.2 Å². The molecule has 0 heterocycles. The number of halogens is 3. The minimum absolute atomic E-state index is 0. The van der Waals surface area contributed by atoms with Crippen LogP contribution in [-0.2, 0) is 11.2 Å². The first-order valence-electron chi connectivity index (χ1n) is 0.983. The fraction of sp³-hybridized carbons (Fsp3) is 1.00. The fourth-order valence-corrected chi connectivity index (χ4v) is 0. The van der Waals surface area contributed by atoms with Crippen molar-refractivity contribution in [2.75, 3.05) is 12.5 Å². The molecule has 0 fully saturated rings. The van der Waals surface area contributed by atoms with Crippen molar-refractivity contribution in [3.05, 3.63) is 0 Å². The van der Waals surface area contributed by atoms with Gasteiger partial charge in [-0.1, -0.05) is 11.2 Å². The second-order valence-corrected chi connectivity index (χ2v) is 2.22. The minimum Gasteiger partial charge on any atom is -1.00 e. The predicted octanol–water partition coefficient (Wildman–Crippen LogP) is -9.37. The van der Waals surface area contributed by atoms with E-state index >= 15 is 0 Å². The summed E-state index contributed by atoms with van der Waals surface area (Å²) in [5.74, 6) is 0. The fourth-order valence-electron chi connectivity index (χ4n) is 0. The van der Waals surface area contributed by atoms with Gasteiger partial charge in [-0.3, -0.25) is 0 Å². The summed E-state index contributed by atoms with van der Waals surface area (Å²) in [4.78, 5) is 0. The van der Waals surface area contributed by atoms with Crippen molar-refractivity contribution >= 4 is 19.6 Å². The SMILES string of the molecule is C[S+](C)[O-].[B+3].[F-].[F-].[F-]. The Hall–Kier alpha value is 0.165. The van der Waals surface area contributed by atoms with Crippen molar-refractivity contribution in [1.29, 1.82) is 0 Å². The summed E-state index contributed by atoms with van der Waals surface area (Å²) in [7, 11) is 0. The third kappa shape index (κ3) is 6050. The Bertz CT molecular complexity index is 22.0. The van der Waals surface area contributed by atoms with Gasteiger partial charge in [0.2, 0.25) is 0 Å². The second kappa shape index (κ2) is 27.2. The molecule has 0 amide bonds.